The topological polar surface area (TPSA) is 89.9 Å². The van der Waals surface area contributed by atoms with E-state index in [9.17, 15) is 4.79 Å². The Balaban J connectivity index is 1.73. The van der Waals surface area contributed by atoms with Crippen molar-refractivity contribution in [1.29, 1.82) is 0 Å². The molecule has 0 aliphatic rings. The summed E-state index contributed by atoms with van der Waals surface area (Å²) in [5.74, 6) is -0.0152. The number of carbonyl (C=O) groups is 1. The molecule has 0 aliphatic heterocycles. The normalized spacial score (nSPS) is 11.8. The Morgan fingerprint density at radius 1 is 1.03 bits per heavy atom. The molecule has 0 saturated carbocycles. The van der Waals surface area contributed by atoms with Gasteiger partial charge >= 0.3 is 5.97 Å². The third kappa shape index (κ3) is 6.32. The molecule has 34 heavy (non-hydrogen) atoms. The Labute approximate surface area is 202 Å². The van der Waals surface area contributed by atoms with Gasteiger partial charge in [0, 0.05) is 12.0 Å². The standard InChI is InChI=1S/C26H25N5O2S/c1-26(2,3)33-25(32)22(15-20-16-28-31-34-20)30-24-21(14-18-10-6-4-7-11-18)29-23(17-27-24)19-12-8-5-9-13-19/h4-13,15-17H,14H2,1-3H3,(H,27,30)/b22-15+. The van der Waals surface area contributed by atoms with E-state index in [-0.39, 0.29) is 5.70 Å². The summed E-state index contributed by atoms with van der Waals surface area (Å²) in [5.41, 5.74) is 3.10. The number of esters is 1. The molecule has 8 heteroatoms. The summed E-state index contributed by atoms with van der Waals surface area (Å²) in [7, 11) is 0. The summed E-state index contributed by atoms with van der Waals surface area (Å²) in [6.45, 7) is 5.48. The highest BCUT2D eigenvalue weighted by Gasteiger charge is 2.22. The highest BCUT2D eigenvalue weighted by molar-refractivity contribution is 7.06. The first-order valence-electron chi connectivity index (χ1n) is 10.8. The number of hydrogen-bond acceptors (Lipinski definition) is 8. The van der Waals surface area contributed by atoms with Crippen molar-refractivity contribution in [2.45, 2.75) is 32.8 Å². The van der Waals surface area contributed by atoms with Crippen LogP contribution in [0.1, 0.15) is 36.9 Å². The van der Waals surface area contributed by atoms with Gasteiger partial charge in [0.2, 0.25) is 0 Å². The molecule has 1 N–H and O–H groups in total. The van der Waals surface area contributed by atoms with Crippen molar-refractivity contribution >= 4 is 29.4 Å². The van der Waals surface area contributed by atoms with E-state index >= 15 is 0 Å². The van der Waals surface area contributed by atoms with Crippen molar-refractivity contribution in [1.82, 2.24) is 19.6 Å². The molecule has 0 fully saturated rings. The molecule has 0 unspecified atom stereocenters. The first-order chi connectivity index (χ1) is 16.4. The molecule has 0 amide bonds. The molecule has 0 bridgehead atoms. The van der Waals surface area contributed by atoms with Crippen LogP contribution in [0, 0.1) is 0 Å². The summed E-state index contributed by atoms with van der Waals surface area (Å²) in [6.07, 6.45) is 5.50. The van der Waals surface area contributed by atoms with Crippen LogP contribution >= 0.6 is 11.5 Å². The molecular weight excluding hydrogens is 446 g/mol. The van der Waals surface area contributed by atoms with Gasteiger partial charge in [-0.2, -0.15) is 0 Å². The Morgan fingerprint density at radius 3 is 2.38 bits per heavy atom. The predicted octanol–water partition coefficient (Wildman–Crippen LogP) is 5.38. The third-order valence-corrected chi connectivity index (χ3v) is 5.28. The summed E-state index contributed by atoms with van der Waals surface area (Å²) in [5, 5.41) is 7.02. The lowest BCUT2D eigenvalue weighted by atomic mass is 10.1. The van der Waals surface area contributed by atoms with Crippen LogP contribution in [0.4, 0.5) is 5.82 Å². The van der Waals surface area contributed by atoms with Gasteiger partial charge in [0.15, 0.2) is 5.82 Å². The van der Waals surface area contributed by atoms with E-state index < -0.39 is 11.6 Å². The lowest BCUT2D eigenvalue weighted by Crippen LogP contribution is -2.27. The number of anilines is 1. The fourth-order valence-corrected chi connectivity index (χ4v) is 3.63. The average molecular weight is 472 g/mol. The maximum absolute atomic E-state index is 13.0. The van der Waals surface area contributed by atoms with E-state index in [1.54, 1.807) is 18.5 Å². The summed E-state index contributed by atoms with van der Waals surface area (Å²) >= 11 is 1.18. The Kier molecular flexibility index (Phi) is 7.08. The van der Waals surface area contributed by atoms with Crippen LogP contribution < -0.4 is 5.32 Å². The van der Waals surface area contributed by atoms with Crippen molar-refractivity contribution in [2.24, 2.45) is 0 Å². The fraction of sp³-hybridized carbons (Fsp3) is 0.192. The second kappa shape index (κ2) is 10.4. The van der Waals surface area contributed by atoms with Crippen LogP contribution in [0.2, 0.25) is 0 Å². The minimum atomic E-state index is -0.653. The van der Waals surface area contributed by atoms with Crippen LogP contribution in [0.5, 0.6) is 0 Å². The number of hydrogen-bond donors (Lipinski definition) is 1. The van der Waals surface area contributed by atoms with Crippen molar-refractivity contribution < 1.29 is 9.53 Å². The minimum Gasteiger partial charge on any atom is -0.455 e. The zero-order chi connectivity index (χ0) is 24.0. The fourth-order valence-electron chi connectivity index (χ4n) is 3.18. The highest BCUT2D eigenvalue weighted by atomic mass is 32.1. The molecule has 2 heterocycles. The molecule has 4 rings (SSSR count). The van der Waals surface area contributed by atoms with Gasteiger partial charge in [0.25, 0.3) is 0 Å². The Morgan fingerprint density at radius 2 is 1.74 bits per heavy atom. The van der Waals surface area contributed by atoms with E-state index in [4.69, 9.17) is 9.72 Å². The highest BCUT2D eigenvalue weighted by Crippen LogP contribution is 2.24. The average Bonchev–Trinajstić information content (AvgIpc) is 3.33. The van der Waals surface area contributed by atoms with Gasteiger partial charge in [-0.3, -0.25) is 0 Å². The third-order valence-electron chi connectivity index (χ3n) is 4.67. The molecule has 0 spiro atoms. The molecule has 2 aromatic heterocycles. The van der Waals surface area contributed by atoms with Gasteiger partial charge < -0.3 is 10.1 Å². The second-order valence-corrected chi connectivity index (χ2v) is 9.40. The van der Waals surface area contributed by atoms with Crippen molar-refractivity contribution in [2.75, 3.05) is 5.32 Å². The SMILES string of the molecule is CC(C)(C)OC(=O)/C(=C\c1cnns1)Nc1ncc(-c2ccccc2)nc1Cc1ccccc1. The lowest BCUT2D eigenvalue weighted by molar-refractivity contribution is -0.149. The molecule has 7 nitrogen and oxygen atoms in total. The molecule has 4 aromatic rings. The quantitative estimate of drug-likeness (QED) is 0.286. The van der Waals surface area contributed by atoms with E-state index in [2.05, 4.69) is 19.9 Å². The van der Waals surface area contributed by atoms with Crippen LogP contribution in [0.3, 0.4) is 0 Å². The molecule has 0 radical (unpaired) electrons. The van der Waals surface area contributed by atoms with E-state index in [0.29, 0.717) is 22.8 Å². The number of rotatable bonds is 7. The number of benzene rings is 2. The Hall–Kier alpha value is -3.91. The number of aromatic nitrogens is 4. The van der Waals surface area contributed by atoms with Gasteiger partial charge in [-0.05, 0) is 43.9 Å². The molecule has 0 aliphatic carbocycles. The maximum atomic E-state index is 13.0. The first kappa shape index (κ1) is 23.3. The molecule has 2 aromatic carbocycles. The first-order valence-corrected chi connectivity index (χ1v) is 11.6. The van der Waals surface area contributed by atoms with Crippen LogP contribution in [-0.4, -0.2) is 31.1 Å². The number of ether oxygens (including phenoxy) is 1. The van der Waals surface area contributed by atoms with Crippen molar-refractivity contribution in [3.8, 4) is 11.3 Å². The van der Waals surface area contributed by atoms with Gasteiger partial charge in [0.1, 0.15) is 11.3 Å². The number of nitrogens with one attached hydrogen (secondary N) is 1. The van der Waals surface area contributed by atoms with E-state index in [0.717, 1.165) is 16.8 Å². The summed E-state index contributed by atoms with van der Waals surface area (Å²) in [4.78, 5) is 23.3. The monoisotopic (exact) mass is 471 g/mol. The van der Waals surface area contributed by atoms with Crippen LogP contribution in [-0.2, 0) is 16.0 Å². The number of carbonyl (C=O) groups excluding carboxylic acids is 1. The summed E-state index contributed by atoms with van der Waals surface area (Å²) in [6, 6.07) is 19.9. The summed E-state index contributed by atoms with van der Waals surface area (Å²) < 4.78 is 9.49. The Bertz CT molecular complexity index is 1270. The molecule has 0 saturated heterocycles. The number of nitrogens with zero attached hydrogens (tertiary/aromatic N) is 4. The minimum absolute atomic E-state index is 0.233. The van der Waals surface area contributed by atoms with Crippen LogP contribution in [0.15, 0.2) is 78.8 Å². The molecular formula is C26H25N5O2S. The van der Waals surface area contributed by atoms with Gasteiger partial charge in [-0.25, -0.2) is 14.8 Å². The smallest absolute Gasteiger partial charge is 0.355 e. The van der Waals surface area contributed by atoms with Crippen LogP contribution in [0.25, 0.3) is 17.3 Å². The zero-order valence-corrected chi connectivity index (χ0v) is 20.0. The largest absolute Gasteiger partial charge is 0.455 e. The molecule has 0 atom stereocenters. The van der Waals surface area contributed by atoms with Crippen molar-refractivity contribution in [3.05, 3.63) is 94.9 Å². The maximum Gasteiger partial charge on any atom is 0.355 e. The second-order valence-electron chi connectivity index (χ2n) is 8.58. The van der Waals surface area contributed by atoms with Gasteiger partial charge in [-0.1, -0.05) is 65.2 Å². The van der Waals surface area contributed by atoms with Gasteiger partial charge in [0.05, 0.1) is 28.7 Å². The van der Waals surface area contributed by atoms with Gasteiger partial charge in [-0.15, -0.1) is 5.10 Å². The van der Waals surface area contributed by atoms with E-state index in [1.165, 1.54) is 11.5 Å². The zero-order valence-electron chi connectivity index (χ0n) is 19.2. The lowest BCUT2D eigenvalue weighted by Gasteiger charge is -2.21. The van der Waals surface area contributed by atoms with E-state index in [1.807, 2.05) is 81.4 Å². The predicted molar refractivity (Wildman–Crippen MR) is 134 cm³/mol. The molecule has 172 valence electrons. The van der Waals surface area contributed by atoms with Crippen molar-refractivity contribution in [3.63, 3.8) is 0 Å².